The summed E-state index contributed by atoms with van der Waals surface area (Å²) < 4.78 is 34.8. The molecule has 214 valence electrons. The number of hydrogen-bond donors (Lipinski definition) is 1. The van der Waals surface area contributed by atoms with Gasteiger partial charge in [0.05, 0.1) is 17.2 Å². The van der Waals surface area contributed by atoms with Crippen molar-refractivity contribution in [3.63, 3.8) is 0 Å². The zero-order valence-electron chi connectivity index (χ0n) is 23.6. The van der Waals surface area contributed by atoms with Gasteiger partial charge in [-0.25, -0.2) is 8.42 Å². The Morgan fingerprint density at radius 2 is 1.45 bits per heavy atom. The van der Waals surface area contributed by atoms with E-state index in [-0.39, 0.29) is 29.1 Å². The van der Waals surface area contributed by atoms with Crippen molar-refractivity contribution in [2.45, 2.75) is 64.1 Å². The molecular formula is C31H39N3O5S. The molecule has 0 radical (unpaired) electrons. The molecule has 9 heteroatoms. The summed E-state index contributed by atoms with van der Waals surface area (Å²) in [7, 11) is -4.17. The lowest BCUT2D eigenvalue weighted by molar-refractivity contribution is -0.140. The molecule has 2 unspecified atom stereocenters. The van der Waals surface area contributed by atoms with Crippen LogP contribution in [0.4, 0.5) is 5.69 Å². The van der Waals surface area contributed by atoms with E-state index >= 15 is 0 Å². The van der Waals surface area contributed by atoms with Gasteiger partial charge in [-0.2, -0.15) is 0 Å². The molecule has 1 N–H and O–H groups in total. The maximum absolute atomic E-state index is 14.1. The highest BCUT2D eigenvalue weighted by atomic mass is 32.2. The second-order valence-corrected chi connectivity index (χ2v) is 11.3. The van der Waals surface area contributed by atoms with Crippen LogP contribution < -0.4 is 14.4 Å². The molecule has 0 bridgehead atoms. The average Bonchev–Trinajstić information content (AvgIpc) is 2.97. The first kappa shape index (κ1) is 30.7. The standard InChI is InChI=1S/C31H39N3O5S/c1-5-24(4)32-31(36)27(6-2)33(22-25-16-10-8-11-17-25)30(35)23-34(28-20-14-15-21-29(28)39-7-3)40(37,38)26-18-12-9-13-19-26/h8-21,24,27H,5-7,22-23H2,1-4H3,(H,32,36). The second-order valence-electron chi connectivity index (χ2n) is 9.47. The fourth-order valence-corrected chi connectivity index (χ4v) is 5.76. The molecule has 3 aromatic carbocycles. The van der Waals surface area contributed by atoms with Gasteiger partial charge in [0.1, 0.15) is 18.3 Å². The van der Waals surface area contributed by atoms with Crippen molar-refractivity contribution in [1.29, 1.82) is 0 Å². The van der Waals surface area contributed by atoms with Crippen LogP contribution in [0.1, 0.15) is 46.1 Å². The van der Waals surface area contributed by atoms with E-state index in [0.29, 0.717) is 18.8 Å². The van der Waals surface area contributed by atoms with Crippen LogP contribution >= 0.6 is 0 Å². The summed E-state index contributed by atoms with van der Waals surface area (Å²) in [5, 5.41) is 2.98. The van der Waals surface area contributed by atoms with Crippen molar-refractivity contribution >= 4 is 27.5 Å². The molecule has 0 spiro atoms. The van der Waals surface area contributed by atoms with Crippen molar-refractivity contribution in [2.24, 2.45) is 0 Å². The Hall–Kier alpha value is -3.85. The van der Waals surface area contributed by atoms with E-state index in [0.717, 1.165) is 16.3 Å². The Morgan fingerprint density at radius 3 is 2.05 bits per heavy atom. The van der Waals surface area contributed by atoms with E-state index in [1.165, 1.54) is 17.0 Å². The van der Waals surface area contributed by atoms with Gasteiger partial charge in [-0.05, 0) is 56.5 Å². The van der Waals surface area contributed by atoms with E-state index < -0.39 is 28.5 Å². The Labute approximate surface area is 238 Å². The van der Waals surface area contributed by atoms with Crippen LogP contribution in [0, 0.1) is 0 Å². The molecule has 0 saturated heterocycles. The second kappa shape index (κ2) is 14.5. The molecule has 0 fully saturated rings. The van der Waals surface area contributed by atoms with Crippen molar-refractivity contribution < 1.29 is 22.7 Å². The van der Waals surface area contributed by atoms with Crippen LogP contribution in [0.2, 0.25) is 0 Å². The van der Waals surface area contributed by atoms with Crippen molar-refractivity contribution in [2.75, 3.05) is 17.5 Å². The molecule has 3 aromatic rings. The van der Waals surface area contributed by atoms with Crippen LogP contribution in [0.15, 0.2) is 89.8 Å². The highest BCUT2D eigenvalue weighted by Gasteiger charge is 2.34. The fourth-order valence-electron chi connectivity index (χ4n) is 4.31. The number of sulfonamides is 1. The molecule has 0 aliphatic rings. The summed E-state index contributed by atoms with van der Waals surface area (Å²) >= 11 is 0. The Morgan fingerprint density at radius 1 is 0.850 bits per heavy atom. The third-order valence-corrected chi connectivity index (χ3v) is 8.40. The SMILES string of the molecule is CCOc1ccccc1N(CC(=O)N(Cc1ccccc1)C(CC)C(=O)NC(C)CC)S(=O)(=O)c1ccccc1. The third kappa shape index (κ3) is 7.63. The summed E-state index contributed by atoms with van der Waals surface area (Å²) in [5.41, 5.74) is 1.08. The number of amides is 2. The maximum atomic E-state index is 14.1. The minimum absolute atomic E-state index is 0.0465. The monoisotopic (exact) mass is 565 g/mol. The van der Waals surface area contributed by atoms with Gasteiger partial charge in [-0.3, -0.25) is 13.9 Å². The van der Waals surface area contributed by atoms with E-state index in [9.17, 15) is 18.0 Å². The number of ether oxygens (including phenoxy) is 1. The molecule has 40 heavy (non-hydrogen) atoms. The van der Waals surface area contributed by atoms with Crippen molar-refractivity contribution in [3.05, 3.63) is 90.5 Å². The molecule has 0 saturated carbocycles. The highest BCUT2D eigenvalue weighted by Crippen LogP contribution is 2.33. The number of nitrogens with one attached hydrogen (secondary N) is 1. The summed E-state index contributed by atoms with van der Waals surface area (Å²) in [6.07, 6.45) is 1.11. The minimum Gasteiger partial charge on any atom is -0.492 e. The maximum Gasteiger partial charge on any atom is 0.264 e. The highest BCUT2D eigenvalue weighted by molar-refractivity contribution is 7.92. The van der Waals surface area contributed by atoms with Crippen LogP contribution in [0.3, 0.4) is 0 Å². The predicted molar refractivity (Wildman–Crippen MR) is 158 cm³/mol. The molecule has 0 aromatic heterocycles. The summed E-state index contributed by atoms with van der Waals surface area (Å²) in [5.74, 6) is -0.428. The quantitative estimate of drug-likeness (QED) is 0.297. The number of rotatable bonds is 14. The Balaban J connectivity index is 2.08. The number of hydrogen-bond acceptors (Lipinski definition) is 5. The van der Waals surface area contributed by atoms with Gasteiger partial charge in [-0.1, -0.05) is 74.5 Å². The summed E-state index contributed by atoms with van der Waals surface area (Å²) in [6.45, 7) is 7.49. The summed E-state index contributed by atoms with van der Waals surface area (Å²) in [4.78, 5) is 29.0. The molecule has 2 amide bonds. The van der Waals surface area contributed by atoms with Crippen LogP contribution in [0.25, 0.3) is 0 Å². The zero-order chi connectivity index (χ0) is 29.1. The lowest BCUT2D eigenvalue weighted by atomic mass is 10.1. The molecule has 0 aliphatic carbocycles. The first-order chi connectivity index (χ1) is 19.2. The zero-order valence-corrected chi connectivity index (χ0v) is 24.4. The van der Waals surface area contributed by atoms with Gasteiger partial charge in [0.15, 0.2) is 0 Å². The van der Waals surface area contributed by atoms with E-state index in [2.05, 4.69) is 5.32 Å². The lowest BCUT2D eigenvalue weighted by Gasteiger charge is -2.34. The first-order valence-corrected chi connectivity index (χ1v) is 15.1. The predicted octanol–water partition coefficient (Wildman–Crippen LogP) is 5.00. The van der Waals surface area contributed by atoms with Gasteiger partial charge >= 0.3 is 0 Å². The normalized spacial score (nSPS) is 12.7. The minimum atomic E-state index is -4.17. The van der Waals surface area contributed by atoms with Gasteiger partial charge in [0.2, 0.25) is 11.8 Å². The van der Waals surface area contributed by atoms with Gasteiger partial charge in [-0.15, -0.1) is 0 Å². The lowest BCUT2D eigenvalue weighted by Crippen LogP contribution is -2.53. The van der Waals surface area contributed by atoms with E-state index in [1.807, 2.05) is 51.1 Å². The fraction of sp³-hybridized carbons (Fsp3) is 0.355. The Bertz CT molecular complexity index is 1350. The molecule has 0 heterocycles. The number of anilines is 1. The van der Waals surface area contributed by atoms with Crippen LogP contribution in [-0.4, -0.2) is 50.4 Å². The van der Waals surface area contributed by atoms with Gasteiger partial charge in [0.25, 0.3) is 10.0 Å². The molecular weight excluding hydrogens is 526 g/mol. The van der Waals surface area contributed by atoms with Gasteiger partial charge < -0.3 is 15.0 Å². The first-order valence-electron chi connectivity index (χ1n) is 13.7. The number of carbonyl (C=O) groups is 2. The van der Waals surface area contributed by atoms with E-state index in [4.69, 9.17) is 4.74 Å². The smallest absolute Gasteiger partial charge is 0.264 e. The van der Waals surface area contributed by atoms with Crippen molar-refractivity contribution in [1.82, 2.24) is 10.2 Å². The molecule has 2 atom stereocenters. The van der Waals surface area contributed by atoms with Crippen LogP contribution in [0.5, 0.6) is 5.75 Å². The molecule has 8 nitrogen and oxygen atoms in total. The third-order valence-electron chi connectivity index (χ3n) is 6.63. The molecule has 0 aliphatic heterocycles. The number of benzene rings is 3. The number of nitrogens with zero attached hydrogens (tertiary/aromatic N) is 2. The van der Waals surface area contributed by atoms with E-state index in [1.54, 1.807) is 49.4 Å². The topological polar surface area (TPSA) is 96.0 Å². The number of para-hydroxylation sites is 2. The average molecular weight is 566 g/mol. The Kier molecular flexibility index (Phi) is 11.1. The van der Waals surface area contributed by atoms with Crippen molar-refractivity contribution in [3.8, 4) is 5.75 Å². The molecule has 3 rings (SSSR count). The van der Waals surface area contributed by atoms with Crippen LogP contribution in [-0.2, 0) is 26.2 Å². The summed E-state index contributed by atoms with van der Waals surface area (Å²) in [6, 6.07) is 23.2. The largest absolute Gasteiger partial charge is 0.492 e. The number of carbonyl (C=O) groups excluding carboxylic acids is 2. The van der Waals surface area contributed by atoms with Gasteiger partial charge in [0, 0.05) is 12.6 Å².